The van der Waals surface area contributed by atoms with Gasteiger partial charge in [-0.2, -0.15) is 0 Å². The van der Waals surface area contributed by atoms with Crippen molar-refractivity contribution in [3.05, 3.63) is 29.8 Å². The lowest BCUT2D eigenvalue weighted by Gasteiger charge is -2.34. The Labute approximate surface area is 179 Å². The number of rotatable bonds is 7. The van der Waals surface area contributed by atoms with Crippen molar-refractivity contribution in [3.63, 3.8) is 0 Å². The van der Waals surface area contributed by atoms with Gasteiger partial charge in [-0.3, -0.25) is 4.79 Å². The van der Waals surface area contributed by atoms with Crippen molar-refractivity contribution in [1.82, 2.24) is 10.2 Å². The summed E-state index contributed by atoms with van der Waals surface area (Å²) in [6.07, 6.45) is 2.53. The summed E-state index contributed by atoms with van der Waals surface area (Å²) in [5.74, 6) is 1.85. The van der Waals surface area contributed by atoms with Gasteiger partial charge in [0, 0.05) is 26.1 Å². The number of guanidine groups is 1. The van der Waals surface area contributed by atoms with Gasteiger partial charge in [-0.1, -0.05) is 12.1 Å². The van der Waals surface area contributed by atoms with E-state index in [1.807, 2.05) is 25.1 Å². The molecule has 0 aliphatic carbocycles. The second-order valence-electron chi connectivity index (χ2n) is 7.06. The summed E-state index contributed by atoms with van der Waals surface area (Å²) < 4.78 is 5.97. The van der Waals surface area contributed by atoms with Crippen LogP contribution in [0.5, 0.6) is 5.75 Å². The molecule has 1 heterocycles. The average molecular weight is 488 g/mol. The molecular formula is C20H33IN4O2. The summed E-state index contributed by atoms with van der Waals surface area (Å²) in [6.45, 7) is 9.30. The molecule has 0 saturated carbocycles. The van der Waals surface area contributed by atoms with E-state index in [1.54, 1.807) is 0 Å². The number of halogens is 1. The van der Waals surface area contributed by atoms with E-state index in [-0.39, 0.29) is 36.0 Å². The van der Waals surface area contributed by atoms with Gasteiger partial charge < -0.3 is 20.7 Å². The number of hydrogen-bond acceptors (Lipinski definition) is 3. The number of carbonyl (C=O) groups is 1. The van der Waals surface area contributed by atoms with Gasteiger partial charge in [0.25, 0.3) is 0 Å². The van der Waals surface area contributed by atoms with Gasteiger partial charge in [0.2, 0.25) is 5.91 Å². The van der Waals surface area contributed by atoms with Crippen LogP contribution in [0, 0.1) is 12.8 Å². The van der Waals surface area contributed by atoms with Crippen LogP contribution in [-0.2, 0) is 4.79 Å². The summed E-state index contributed by atoms with van der Waals surface area (Å²) in [5.41, 5.74) is 6.55. The van der Waals surface area contributed by atoms with Gasteiger partial charge in [0.1, 0.15) is 11.9 Å². The number of primary amides is 1. The highest BCUT2D eigenvalue weighted by Gasteiger charge is 2.23. The summed E-state index contributed by atoms with van der Waals surface area (Å²) in [6, 6.07) is 8.05. The molecule has 0 spiro atoms. The molecule has 1 aromatic carbocycles. The summed E-state index contributed by atoms with van der Waals surface area (Å²) in [5, 5.41) is 3.36. The molecule has 2 unspecified atom stereocenters. The molecular weight excluding hydrogens is 455 g/mol. The van der Waals surface area contributed by atoms with Crippen LogP contribution in [0.25, 0.3) is 0 Å². The minimum atomic E-state index is -0.223. The van der Waals surface area contributed by atoms with Gasteiger partial charge >= 0.3 is 0 Å². The van der Waals surface area contributed by atoms with Crippen LogP contribution in [0.4, 0.5) is 0 Å². The fourth-order valence-corrected chi connectivity index (χ4v) is 3.31. The molecule has 2 atom stereocenters. The van der Waals surface area contributed by atoms with Crippen LogP contribution in [0.2, 0.25) is 0 Å². The molecule has 6 nitrogen and oxygen atoms in total. The Morgan fingerprint density at radius 3 is 2.93 bits per heavy atom. The first-order valence-corrected chi connectivity index (χ1v) is 9.52. The monoisotopic (exact) mass is 488 g/mol. The van der Waals surface area contributed by atoms with Crippen LogP contribution in [0.1, 0.15) is 38.7 Å². The molecule has 152 valence electrons. The first-order valence-electron chi connectivity index (χ1n) is 9.52. The number of ether oxygens (including phenoxy) is 1. The molecule has 1 aliphatic heterocycles. The van der Waals surface area contributed by atoms with Gasteiger partial charge in [0.15, 0.2) is 5.96 Å². The molecule has 1 fully saturated rings. The van der Waals surface area contributed by atoms with Crippen molar-refractivity contribution in [1.29, 1.82) is 0 Å². The third-order valence-corrected chi connectivity index (χ3v) is 4.47. The number of nitrogens with two attached hydrogens (primary N) is 1. The van der Waals surface area contributed by atoms with Gasteiger partial charge in [-0.05, 0) is 57.2 Å². The standard InChI is InChI=1S/C20H32N4O2.HI/c1-4-22-20(24-10-6-8-17(14-24)12-19(21)25)23-13-16(3)26-18-9-5-7-15(2)11-18;/h5,7,9,11,16-17H,4,6,8,10,12-14H2,1-3H3,(H2,21,25)(H,22,23);1H. The first-order chi connectivity index (χ1) is 12.5. The molecule has 1 amide bonds. The summed E-state index contributed by atoms with van der Waals surface area (Å²) in [7, 11) is 0. The Balaban J connectivity index is 0.00000364. The lowest BCUT2D eigenvalue weighted by molar-refractivity contribution is -0.119. The number of aliphatic imine (C=N–C) groups is 1. The second-order valence-corrected chi connectivity index (χ2v) is 7.06. The second kappa shape index (κ2) is 12.0. The zero-order valence-corrected chi connectivity index (χ0v) is 18.9. The minimum Gasteiger partial charge on any atom is -0.489 e. The lowest BCUT2D eigenvalue weighted by Crippen LogP contribution is -2.47. The number of likely N-dealkylation sites (tertiary alicyclic amines) is 1. The summed E-state index contributed by atoms with van der Waals surface area (Å²) >= 11 is 0. The van der Waals surface area contributed by atoms with E-state index in [4.69, 9.17) is 15.5 Å². The van der Waals surface area contributed by atoms with Crippen molar-refractivity contribution in [2.24, 2.45) is 16.6 Å². The fraction of sp³-hybridized carbons (Fsp3) is 0.600. The quantitative estimate of drug-likeness (QED) is 0.352. The number of nitrogens with zero attached hydrogens (tertiary/aromatic N) is 2. The van der Waals surface area contributed by atoms with E-state index in [0.29, 0.717) is 18.9 Å². The Kier molecular flexibility index (Phi) is 10.5. The van der Waals surface area contributed by atoms with E-state index in [1.165, 1.54) is 5.56 Å². The van der Waals surface area contributed by atoms with Crippen LogP contribution in [0.15, 0.2) is 29.3 Å². The number of aryl methyl sites for hydroxylation is 1. The van der Waals surface area contributed by atoms with Crippen molar-refractivity contribution in [3.8, 4) is 5.75 Å². The van der Waals surface area contributed by atoms with Crippen molar-refractivity contribution in [2.75, 3.05) is 26.2 Å². The molecule has 2 rings (SSSR count). The van der Waals surface area contributed by atoms with E-state index in [2.05, 4.69) is 30.1 Å². The largest absolute Gasteiger partial charge is 0.489 e. The van der Waals surface area contributed by atoms with Crippen molar-refractivity contribution >= 4 is 35.8 Å². The predicted molar refractivity (Wildman–Crippen MR) is 121 cm³/mol. The van der Waals surface area contributed by atoms with Crippen LogP contribution >= 0.6 is 24.0 Å². The number of benzene rings is 1. The zero-order chi connectivity index (χ0) is 18.9. The van der Waals surface area contributed by atoms with Crippen molar-refractivity contribution < 1.29 is 9.53 Å². The zero-order valence-electron chi connectivity index (χ0n) is 16.6. The third-order valence-electron chi connectivity index (χ3n) is 4.47. The normalized spacial score (nSPS) is 18.4. The molecule has 0 aromatic heterocycles. The summed E-state index contributed by atoms with van der Waals surface area (Å²) in [4.78, 5) is 18.2. The molecule has 7 heteroatoms. The maximum atomic E-state index is 11.2. The highest BCUT2D eigenvalue weighted by Crippen LogP contribution is 2.19. The van der Waals surface area contributed by atoms with E-state index in [0.717, 1.165) is 44.2 Å². The molecule has 3 N–H and O–H groups in total. The molecule has 27 heavy (non-hydrogen) atoms. The molecule has 0 radical (unpaired) electrons. The maximum absolute atomic E-state index is 11.2. The number of nitrogens with one attached hydrogen (secondary N) is 1. The van der Waals surface area contributed by atoms with Crippen molar-refractivity contribution in [2.45, 2.75) is 46.1 Å². The van der Waals surface area contributed by atoms with E-state index >= 15 is 0 Å². The number of hydrogen-bond donors (Lipinski definition) is 2. The Hall–Kier alpha value is -1.51. The van der Waals surface area contributed by atoms with Gasteiger partial charge in [0.05, 0.1) is 6.54 Å². The molecule has 1 aliphatic rings. The van der Waals surface area contributed by atoms with Crippen LogP contribution in [-0.4, -0.2) is 49.0 Å². The third kappa shape index (κ3) is 8.36. The molecule has 0 bridgehead atoms. The van der Waals surface area contributed by atoms with Crippen LogP contribution in [0.3, 0.4) is 0 Å². The van der Waals surface area contributed by atoms with Gasteiger partial charge in [-0.15, -0.1) is 24.0 Å². The molecule has 1 aromatic rings. The fourth-order valence-electron chi connectivity index (χ4n) is 3.31. The van der Waals surface area contributed by atoms with E-state index in [9.17, 15) is 4.79 Å². The lowest BCUT2D eigenvalue weighted by atomic mass is 9.95. The number of amides is 1. The number of carbonyl (C=O) groups excluding carboxylic acids is 1. The maximum Gasteiger partial charge on any atom is 0.217 e. The Bertz CT molecular complexity index is 624. The first kappa shape index (κ1) is 23.5. The smallest absolute Gasteiger partial charge is 0.217 e. The molecule has 1 saturated heterocycles. The minimum absolute atomic E-state index is 0. The van der Waals surface area contributed by atoms with Gasteiger partial charge in [-0.25, -0.2) is 4.99 Å². The predicted octanol–water partition coefficient (Wildman–Crippen LogP) is 2.93. The van der Waals surface area contributed by atoms with Crippen LogP contribution < -0.4 is 15.8 Å². The topological polar surface area (TPSA) is 80.0 Å². The SMILES string of the molecule is CCNC(=NCC(C)Oc1cccc(C)c1)N1CCCC(CC(N)=O)C1.I. The highest BCUT2D eigenvalue weighted by molar-refractivity contribution is 14.0. The Morgan fingerprint density at radius 2 is 2.26 bits per heavy atom. The van der Waals surface area contributed by atoms with E-state index < -0.39 is 0 Å². The highest BCUT2D eigenvalue weighted by atomic mass is 127. The Morgan fingerprint density at radius 1 is 1.48 bits per heavy atom. The number of piperidine rings is 1. The average Bonchev–Trinajstić information content (AvgIpc) is 2.58.